The maximum absolute atomic E-state index is 11.5. The van der Waals surface area contributed by atoms with Crippen molar-refractivity contribution in [2.45, 2.75) is 19.8 Å². The Morgan fingerprint density at radius 3 is 2.65 bits per heavy atom. The highest BCUT2D eigenvalue weighted by atomic mass is 32.2. The maximum atomic E-state index is 11.5. The third-order valence-electron chi connectivity index (χ3n) is 2.59. The van der Waals surface area contributed by atoms with Crippen LogP contribution in [0.25, 0.3) is 0 Å². The van der Waals surface area contributed by atoms with E-state index in [1.807, 2.05) is 31.2 Å². The third-order valence-corrected chi connectivity index (χ3v) is 4.06. The molecule has 1 aromatic rings. The molecule has 0 atom stereocenters. The van der Waals surface area contributed by atoms with Crippen molar-refractivity contribution in [1.82, 2.24) is 4.72 Å². The van der Waals surface area contributed by atoms with Crippen LogP contribution >= 0.6 is 0 Å². The first-order valence-electron chi connectivity index (χ1n) is 5.77. The van der Waals surface area contributed by atoms with E-state index in [-0.39, 0.29) is 5.75 Å². The van der Waals surface area contributed by atoms with Gasteiger partial charge in [0.25, 0.3) is 0 Å². The number of hydrogen-bond donors (Lipinski definition) is 2. The average molecular weight is 256 g/mol. The van der Waals surface area contributed by atoms with E-state index in [0.29, 0.717) is 25.9 Å². The zero-order valence-electron chi connectivity index (χ0n) is 10.1. The summed E-state index contributed by atoms with van der Waals surface area (Å²) in [7, 11) is -3.16. The van der Waals surface area contributed by atoms with Crippen molar-refractivity contribution < 1.29 is 8.42 Å². The quantitative estimate of drug-likeness (QED) is 0.758. The number of benzene rings is 1. The van der Waals surface area contributed by atoms with Crippen LogP contribution in [0.15, 0.2) is 24.3 Å². The van der Waals surface area contributed by atoms with E-state index in [1.54, 1.807) is 0 Å². The molecule has 1 aromatic carbocycles. The van der Waals surface area contributed by atoms with Crippen LogP contribution in [0, 0.1) is 6.92 Å². The predicted molar refractivity (Wildman–Crippen MR) is 70.3 cm³/mol. The van der Waals surface area contributed by atoms with Gasteiger partial charge in [0.05, 0.1) is 5.75 Å². The second kappa shape index (κ2) is 6.74. The fourth-order valence-corrected chi connectivity index (χ4v) is 2.68. The molecule has 4 nitrogen and oxygen atoms in total. The van der Waals surface area contributed by atoms with Crippen molar-refractivity contribution in [2.24, 2.45) is 5.73 Å². The third kappa shape index (κ3) is 5.30. The minimum absolute atomic E-state index is 0.108. The van der Waals surface area contributed by atoms with Crippen LogP contribution in [0.4, 0.5) is 0 Å². The number of sulfonamides is 1. The van der Waals surface area contributed by atoms with Gasteiger partial charge in [-0.3, -0.25) is 0 Å². The largest absolute Gasteiger partial charge is 0.330 e. The van der Waals surface area contributed by atoms with Crippen LogP contribution in [0.3, 0.4) is 0 Å². The second-order valence-electron chi connectivity index (χ2n) is 4.03. The minimum Gasteiger partial charge on any atom is -0.330 e. The molecule has 0 saturated heterocycles. The van der Waals surface area contributed by atoms with Gasteiger partial charge in [-0.1, -0.05) is 24.3 Å². The van der Waals surface area contributed by atoms with Gasteiger partial charge in [0, 0.05) is 6.54 Å². The van der Waals surface area contributed by atoms with Crippen molar-refractivity contribution in [3.05, 3.63) is 35.4 Å². The molecule has 0 aliphatic rings. The molecule has 0 heterocycles. The van der Waals surface area contributed by atoms with Crippen LogP contribution < -0.4 is 10.5 Å². The molecule has 3 N–H and O–H groups in total. The summed E-state index contributed by atoms with van der Waals surface area (Å²) < 4.78 is 25.6. The van der Waals surface area contributed by atoms with E-state index in [4.69, 9.17) is 5.73 Å². The standard InChI is InChI=1S/C12H20N2O2S/c1-11-5-2-3-6-12(11)7-9-14-17(15,16)10-4-8-13/h2-3,5-6,14H,4,7-10,13H2,1H3. The Kier molecular flexibility index (Phi) is 5.61. The van der Waals surface area contributed by atoms with Crippen molar-refractivity contribution in [1.29, 1.82) is 0 Å². The SMILES string of the molecule is Cc1ccccc1CCNS(=O)(=O)CCCN. The fraction of sp³-hybridized carbons (Fsp3) is 0.500. The first-order chi connectivity index (χ1) is 8.05. The molecule has 0 amide bonds. The topological polar surface area (TPSA) is 72.2 Å². The second-order valence-corrected chi connectivity index (χ2v) is 5.96. The van der Waals surface area contributed by atoms with E-state index < -0.39 is 10.0 Å². The minimum atomic E-state index is -3.16. The Balaban J connectivity index is 2.40. The Labute approximate surface area is 103 Å². The molecule has 0 radical (unpaired) electrons. The van der Waals surface area contributed by atoms with E-state index in [9.17, 15) is 8.42 Å². The molecular weight excluding hydrogens is 236 g/mol. The molecule has 0 aromatic heterocycles. The van der Waals surface area contributed by atoms with Crippen molar-refractivity contribution in [3.8, 4) is 0 Å². The Morgan fingerprint density at radius 1 is 1.29 bits per heavy atom. The summed E-state index contributed by atoms with van der Waals surface area (Å²) in [5, 5.41) is 0. The summed E-state index contributed by atoms with van der Waals surface area (Å²) in [5.74, 6) is 0.108. The molecular formula is C12H20N2O2S. The monoisotopic (exact) mass is 256 g/mol. The van der Waals surface area contributed by atoms with Crippen LogP contribution in [-0.4, -0.2) is 27.3 Å². The Morgan fingerprint density at radius 2 is 2.00 bits per heavy atom. The fourth-order valence-electron chi connectivity index (χ4n) is 1.58. The predicted octanol–water partition coefficient (Wildman–Crippen LogP) is 0.806. The lowest BCUT2D eigenvalue weighted by Gasteiger charge is -2.07. The summed E-state index contributed by atoms with van der Waals surface area (Å²) >= 11 is 0. The van der Waals surface area contributed by atoms with Gasteiger partial charge in [-0.2, -0.15) is 0 Å². The molecule has 0 aliphatic carbocycles. The zero-order valence-corrected chi connectivity index (χ0v) is 11.0. The Bertz CT molecular complexity index is 444. The van der Waals surface area contributed by atoms with Crippen molar-refractivity contribution in [3.63, 3.8) is 0 Å². The average Bonchev–Trinajstić information content (AvgIpc) is 2.29. The van der Waals surface area contributed by atoms with Gasteiger partial charge in [-0.05, 0) is 37.4 Å². The van der Waals surface area contributed by atoms with Gasteiger partial charge in [-0.25, -0.2) is 13.1 Å². The first kappa shape index (κ1) is 14.2. The summed E-state index contributed by atoms with van der Waals surface area (Å²) in [6, 6.07) is 7.98. The summed E-state index contributed by atoms with van der Waals surface area (Å²) in [6.45, 7) is 2.87. The molecule has 1 rings (SSSR count). The lowest BCUT2D eigenvalue weighted by atomic mass is 10.1. The lowest BCUT2D eigenvalue weighted by molar-refractivity contribution is 0.579. The van der Waals surface area contributed by atoms with Gasteiger partial charge in [0.1, 0.15) is 0 Å². The number of rotatable bonds is 7. The highest BCUT2D eigenvalue weighted by molar-refractivity contribution is 7.89. The number of hydrogen-bond acceptors (Lipinski definition) is 3. The Hall–Kier alpha value is -0.910. The van der Waals surface area contributed by atoms with Crippen LogP contribution in [0.1, 0.15) is 17.5 Å². The molecule has 0 bridgehead atoms. The molecule has 0 spiro atoms. The maximum Gasteiger partial charge on any atom is 0.211 e. The number of aryl methyl sites for hydroxylation is 1. The summed E-state index contributed by atoms with van der Waals surface area (Å²) in [6.07, 6.45) is 1.22. The first-order valence-corrected chi connectivity index (χ1v) is 7.42. The van der Waals surface area contributed by atoms with E-state index in [2.05, 4.69) is 4.72 Å². The summed E-state index contributed by atoms with van der Waals surface area (Å²) in [5.41, 5.74) is 7.65. The van der Waals surface area contributed by atoms with Gasteiger partial charge in [0.15, 0.2) is 0 Å². The van der Waals surface area contributed by atoms with Crippen LogP contribution in [0.5, 0.6) is 0 Å². The lowest BCUT2D eigenvalue weighted by Crippen LogP contribution is -2.29. The van der Waals surface area contributed by atoms with E-state index in [0.717, 1.165) is 0 Å². The molecule has 5 heteroatoms. The van der Waals surface area contributed by atoms with Gasteiger partial charge in [-0.15, -0.1) is 0 Å². The van der Waals surface area contributed by atoms with Gasteiger partial charge >= 0.3 is 0 Å². The normalized spacial score (nSPS) is 11.6. The molecule has 0 unspecified atom stereocenters. The molecule has 0 saturated carbocycles. The summed E-state index contributed by atoms with van der Waals surface area (Å²) in [4.78, 5) is 0. The highest BCUT2D eigenvalue weighted by Crippen LogP contribution is 2.07. The van der Waals surface area contributed by atoms with Gasteiger partial charge in [0.2, 0.25) is 10.0 Å². The zero-order chi connectivity index (χ0) is 12.7. The van der Waals surface area contributed by atoms with Crippen molar-refractivity contribution >= 4 is 10.0 Å². The molecule has 17 heavy (non-hydrogen) atoms. The van der Waals surface area contributed by atoms with Crippen LogP contribution in [0.2, 0.25) is 0 Å². The molecule has 96 valence electrons. The molecule has 0 aliphatic heterocycles. The highest BCUT2D eigenvalue weighted by Gasteiger charge is 2.08. The van der Waals surface area contributed by atoms with Gasteiger partial charge < -0.3 is 5.73 Å². The number of nitrogens with one attached hydrogen (secondary N) is 1. The van der Waals surface area contributed by atoms with E-state index >= 15 is 0 Å². The van der Waals surface area contributed by atoms with Crippen LogP contribution in [-0.2, 0) is 16.4 Å². The van der Waals surface area contributed by atoms with E-state index in [1.165, 1.54) is 11.1 Å². The number of nitrogens with two attached hydrogens (primary N) is 1. The molecule has 0 fully saturated rings. The van der Waals surface area contributed by atoms with Crippen molar-refractivity contribution in [2.75, 3.05) is 18.8 Å². The smallest absolute Gasteiger partial charge is 0.211 e.